The van der Waals surface area contributed by atoms with E-state index in [4.69, 9.17) is 21.1 Å². The number of benzene rings is 2. The number of ether oxygens (including phenoxy) is 2. The second-order valence-electron chi connectivity index (χ2n) is 8.18. The smallest absolute Gasteiger partial charge is 0.322 e. The van der Waals surface area contributed by atoms with Gasteiger partial charge in [-0.2, -0.15) is 0 Å². The van der Waals surface area contributed by atoms with Crippen LogP contribution in [-0.2, 0) is 17.9 Å². The molecule has 1 aliphatic heterocycles. The van der Waals surface area contributed by atoms with Gasteiger partial charge in [0.2, 0.25) is 12.7 Å². The van der Waals surface area contributed by atoms with Gasteiger partial charge in [0.15, 0.2) is 11.5 Å². The van der Waals surface area contributed by atoms with Gasteiger partial charge >= 0.3 is 6.03 Å². The molecule has 7 nitrogen and oxygen atoms in total. The Morgan fingerprint density at radius 2 is 1.82 bits per heavy atom. The number of hydrogen-bond acceptors (Lipinski definition) is 5. The van der Waals surface area contributed by atoms with Crippen LogP contribution in [0.25, 0.3) is 0 Å². The zero-order valence-corrected chi connectivity index (χ0v) is 20.6. The summed E-state index contributed by atoms with van der Waals surface area (Å²) in [5, 5.41) is 5.42. The van der Waals surface area contributed by atoms with E-state index in [1.165, 1.54) is 4.90 Å². The number of carbonyl (C=O) groups is 2. The van der Waals surface area contributed by atoms with Gasteiger partial charge < -0.3 is 24.6 Å². The van der Waals surface area contributed by atoms with Crippen LogP contribution in [0.15, 0.2) is 60.0 Å². The average Bonchev–Trinajstić information content (AvgIpc) is 3.49. The SMILES string of the molecule is CC(C)N(CC(=O)N(Cc1ccc2c(c1)OCO2)Cc1cccs1)C(=O)Nc1ccc(Cl)cc1. The van der Waals surface area contributed by atoms with Crippen LogP contribution in [0.1, 0.15) is 24.3 Å². The predicted molar refractivity (Wildman–Crippen MR) is 133 cm³/mol. The number of halogens is 1. The third kappa shape index (κ3) is 6.01. The maximum absolute atomic E-state index is 13.5. The normalized spacial score (nSPS) is 12.0. The number of urea groups is 1. The first kappa shape index (κ1) is 23.9. The van der Waals surface area contributed by atoms with Gasteiger partial charge in [0.25, 0.3) is 0 Å². The van der Waals surface area contributed by atoms with E-state index in [2.05, 4.69) is 5.32 Å². The number of nitrogens with one attached hydrogen (secondary N) is 1. The van der Waals surface area contributed by atoms with Gasteiger partial charge in [-0.1, -0.05) is 23.7 Å². The maximum Gasteiger partial charge on any atom is 0.322 e. The molecule has 9 heteroatoms. The molecule has 0 aliphatic carbocycles. The molecule has 4 rings (SSSR count). The first-order valence-electron chi connectivity index (χ1n) is 10.9. The molecule has 0 radical (unpaired) electrons. The number of carbonyl (C=O) groups excluding carboxylic acids is 2. The number of hydrogen-bond donors (Lipinski definition) is 1. The minimum Gasteiger partial charge on any atom is -0.454 e. The zero-order valence-electron chi connectivity index (χ0n) is 19.0. The van der Waals surface area contributed by atoms with Crippen molar-refractivity contribution in [1.29, 1.82) is 0 Å². The molecule has 1 aliphatic rings. The standard InChI is InChI=1S/C25H26ClN3O4S/c1-17(2)29(25(31)27-20-8-6-19(26)7-9-20)15-24(30)28(14-21-4-3-11-34-21)13-18-5-10-22-23(12-18)33-16-32-22/h3-12,17H,13-16H2,1-2H3,(H,27,31). The summed E-state index contributed by atoms with van der Waals surface area (Å²) in [5.41, 5.74) is 1.54. The molecule has 3 aromatic rings. The van der Waals surface area contributed by atoms with Crippen LogP contribution in [-0.4, -0.2) is 41.1 Å². The highest BCUT2D eigenvalue weighted by Crippen LogP contribution is 2.33. The molecule has 0 atom stereocenters. The van der Waals surface area contributed by atoms with Crippen LogP contribution < -0.4 is 14.8 Å². The minimum absolute atomic E-state index is 0.0486. The van der Waals surface area contributed by atoms with Crippen LogP contribution >= 0.6 is 22.9 Å². The highest BCUT2D eigenvalue weighted by atomic mass is 35.5. The van der Waals surface area contributed by atoms with Crippen LogP contribution in [0.2, 0.25) is 5.02 Å². The Balaban J connectivity index is 1.49. The molecule has 1 N–H and O–H groups in total. The summed E-state index contributed by atoms with van der Waals surface area (Å²) in [6.07, 6.45) is 0. The van der Waals surface area contributed by atoms with Crippen molar-refractivity contribution in [3.05, 3.63) is 75.4 Å². The molecule has 0 saturated carbocycles. The van der Waals surface area contributed by atoms with E-state index in [-0.39, 0.29) is 31.3 Å². The number of nitrogens with zero attached hydrogens (tertiary/aromatic N) is 2. The monoisotopic (exact) mass is 499 g/mol. The van der Waals surface area contributed by atoms with Crippen molar-refractivity contribution in [2.45, 2.75) is 33.0 Å². The zero-order chi connectivity index (χ0) is 24.1. The van der Waals surface area contributed by atoms with Crippen molar-refractivity contribution in [2.75, 3.05) is 18.7 Å². The van der Waals surface area contributed by atoms with Gasteiger partial charge in [-0.3, -0.25) is 4.79 Å². The lowest BCUT2D eigenvalue weighted by molar-refractivity contribution is -0.133. The molecule has 2 aromatic carbocycles. The average molecular weight is 500 g/mol. The Morgan fingerprint density at radius 3 is 2.53 bits per heavy atom. The molecule has 0 unspecified atom stereocenters. The molecule has 34 heavy (non-hydrogen) atoms. The van der Waals surface area contributed by atoms with Crippen LogP contribution in [0.4, 0.5) is 10.5 Å². The molecule has 0 saturated heterocycles. The Kier molecular flexibility index (Phi) is 7.59. The lowest BCUT2D eigenvalue weighted by Gasteiger charge is -2.30. The van der Waals surface area contributed by atoms with E-state index >= 15 is 0 Å². The molecular weight excluding hydrogens is 474 g/mol. The second-order valence-corrected chi connectivity index (χ2v) is 9.64. The van der Waals surface area contributed by atoms with Gasteiger partial charge in [0.05, 0.1) is 6.54 Å². The van der Waals surface area contributed by atoms with E-state index in [1.54, 1.807) is 40.5 Å². The van der Waals surface area contributed by atoms with Crippen LogP contribution in [0, 0.1) is 0 Å². The van der Waals surface area contributed by atoms with Crippen molar-refractivity contribution in [3.8, 4) is 11.5 Å². The first-order valence-corrected chi connectivity index (χ1v) is 12.2. The Hall–Kier alpha value is -3.23. The highest BCUT2D eigenvalue weighted by molar-refractivity contribution is 7.09. The fourth-order valence-electron chi connectivity index (χ4n) is 3.55. The van der Waals surface area contributed by atoms with Crippen molar-refractivity contribution in [2.24, 2.45) is 0 Å². The van der Waals surface area contributed by atoms with Gasteiger partial charge in [-0.05, 0) is 67.3 Å². The first-order chi connectivity index (χ1) is 16.4. The summed E-state index contributed by atoms with van der Waals surface area (Å²) >= 11 is 7.52. The lowest BCUT2D eigenvalue weighted by Crippen LogP contribution is -2.47. The van der Waals surface area contributed by atoms with Gasteiger partial charge in [0, 0.05) is 28.2 Å². The number of rotatable bonds is 8. The number of amides is 3. The number of anilines is 1. The summed E-state index contributed by atoms with van der Waals surface area (Å²) in [6.45, 7) is 4.76. The largest absolute Gasteiger partial charge is 0.454 e. The van der Waals surface area contributed by atoms with E-state index in [9.17, 15) is 9.59 Å². The maximum atomic E-state index is 13.5. The highest BCUT2D eigenvalue weighted by Gasteiger charge is 2.25. The lowest BCUT2D eigenvalue weighted by atomic mass is 10.2. The second kappa shape index (κ2) is 10.8. The fraction of sp³-hybridized carbons (Fsp3) is 0.280. The molecule has 1 aromatic heterocycles. The Bertz CT molecular complexity index is 1140. The fourth-order valence-corrected chi connectivity index (χ4v) is 4.39. The summed E-state index contributed by atoms with van der Waals surface area (Å²) < 4.78 is 10.9. The third-order valence-corrected chi connectivity index (χ3v) is 6.49. The van der Waals surface area contributed by atoms with Crippen LogP contribution in [0.3, 0.4) is 0 Å². The molecule has 0 fully saturated rings. The van der Waals surface area contributed by atoms with Crippen molar-refractivity contribution < 1.29 is 19.1 Å². The molecule has 0 bridgehead atoms. The van der Waals surface area contributed by atoms with Crippen molar-refractivity contribution >= 4 is 40.6 Å². The topological polar surface area (TPSA) is 71.1 Å². The van der Waals surface area contributed by atoms with Crippen molar-refractivity contribution in [3.63, 3.8) is 0 Å². The molecular formula is C25H26ClN3O4S. The Morgan fingerprint density at radius 1 is 1.06 bits per heavy atom. The molecule has 2 heterocycles. The van der Waals surface area contributed by atoms with Gasteiger partial charge in [0.1, 0.15) is 6.54 Å². The summed E-state index contributed by atoms with van der Waals surface area (Å²) in [7, 11) is 0. The van der Waals surface area contributed by atoms with E-state index in [1.807, 2.05) is 49.6 Å². The van der Waals surface area contributed by atoms with E-state index in [0.717, 1.165) is 10.4 Å². The Labute approximate surface area is 207 Å². The van der Waals surface area contributed by atoms with Gasteiger partial charge in [-0.15, -0.1) is 11.3 Å². The summed E-state index contributed by atoms with van der Waals surface area (Å²) in [5.74, 6) is 1.22. The molecule has 0 spiro atoms. The van der Waals surface area contributed by atoms with E-state index in [0.29, 0.717) is 35.3 Å². The van der Waals surface area contributed by atoms with Crippen molar-refractivity contribution in [1.82, 2.24) is 9.80 Å². The minimum atomic E-state index is -0.343. The van der Waals surface area contributed by atoms with Gasteiger partial charge in [-0.25, -0.2) is 4.79 Å². The third-order valence-electron chi connectivity index (χ3n) is 5.38. The quantitative estimate of drug-likeness (QED) is 0.438. The van der Waals surface area contributed by atoms with Crippen LogP contribution in [0.5, 0.6) is 11.5 Å². The molecule has 178 valence electrons. The predicted octanol–water partition coefficient (Wildman–Crippen LogP) is 5.60. The molecule has 3 amide bonds. The van der Waals surface area contributed by atoms with E-state index < -0.39 is 0 Å². The number of thiophene rings is 1. The summed E-state index contributed by atoms with van der Waals surface area (Å²) in [6, 6.07) is 16.0. The number of fused-ring (bicyclic) bond motifs is 1. The summed E-state index contributed by atoms with van der Waals surface area (Å²) in [4.78, 5) is 30.8.